The summed E-state index contributed by atoms with van der Waals surface area (Å²) in [5.41, 5.74) is 7.46. The Bertz CT molecular complexity index is 766. The van der Waals surface area contributed by atoms with Crippen molar-refractivity contribution >= 4 is 16.5 Å². The molecule has 0 spiro atoms. The Morgan fingerprint density at radius 2 is 2.19 bits per heavy atom. The first-order valence-corrected chi connectivity index (χ1v) is 7.26. The van der Waals surface area contributed by atoms with E-state index in [0.717, 1.165) is 28.3 Å². The van der Waals surface area contributed by atoms with Crippen LogP contribution in [0.3, 0.4) is 0 Å². The van der Waals surface area contributed by atoms with Crippen molar-refractivity contribution in [2.75, 3.05) is 12.8 Å². The predicted molar refractivity (Wildman–Crippen MR) is 81.2 cm³/mol. The van der Waals surface area contributed by atoms with Gasteiger partial charge in [0.1, 0.15) is 10.6 Å². The van der Waals surface area contributed by atoms with Crippen LogP contribution in [0, 0.1) is 0 Å². The molecule has 0 saturated heterocycles. The largest absolute Gasteiger partial charge is 0.497 e. The van der Waals surface area contributed by atoms with Gasteiger partial charge in [0.15, 0.2) is 5.13 Å². The molecule has 0 unspecified atom stereocenters. The third kappa shape index (κ3) is 2.59. The Morgan fingerprint density at radius 1 is 1.33 bits per heavy atom. The molecule has 1 aromatic carbocycles. The summed E-state index contributed by atoms with van der Waals surface area (Å²) in [6.07, 6.45) is 0.764. The monoisotopic (exact) mass is 302 g/mol. The number of aryl methyl sites for hydroxylation is 1. The zero-order valence-corrected chi connectivity index (χ0v) is 12.5. The molecule has 0 aliphatic heterocycles. The van der Waals surface area contributed by atoms with Crippen molar-refractivity contribution in [3.8, 4) is 27.9 Å². The van der Waals surface area contributed by atoms with Gasteiger partial charge in [0.05, 0.1) is 12.8 Å². The summed E-state index contributed by atoms with van der Waals surface area (Å²) in [4.78, 5) is 9.52. The first-order chi connectivity index (χ1) is 10.2. The van der Waals surface area contributed by atoms with Gasteiger partial charge >= 0.3 is 0 Å². The number of thiazole rings is 1. The highest BCUT2D eigenvalue weighted by Gasteiger charge is 2.17. The summed E-state index contributed by atoms with van der Waals surface area (Å²) < 4.78 is 10.5. The van der Waals surface area contributed by atoms with Crippen molar-refractivity contribution in [2.24, 2.45) is 0 Å². The lowest BCUT2D eigenvalue weighted by Gasteiger charge is -1.99. The van der Waals surface area contributed by atoms with Crippen molar-refractivity contribution in [1.82, 2.24) is 15.1 Å². The minimum atomic E-state index is 0.443. The van der Waals surface area contributed by atoms with Crippen molar-refractivity contribution in [3.63, 3.8) is 0 Å². The highest BCUT2D eigenvalue weighted by atomic mass is 32.1. The zero-order valence-electron chi connectivity index (χ0n) is 11.7. The number of ether oxygens (including phenoxy) is 1. The van der Waals surface area contributed by atoms with Gasteiger partial charge in [-0.05, 0) is 18.6 Å². The van der Waals surface area contributed by atoms with Crippen molar-refractivity contribution in [1.29, 1.82) is 0 Å². The second-order valence-electron chi connectivity index (χ2n) is 4.34. The SMILES string of the molecule is CCc1nc(N)sc1-c1nc(-c2cccc(OC)c2)no1. The van der Waals surface area contributed by atoms with Gasteiger partial charge in [0.2, 0.25) is 5.82 Å². The molecule has 2 heterocycles. The lowest BCUT2D eigenvalue weighted by atomic mass is 10.2. The highest BCUT2D eigenvalue weighted by Crippen LogP contribution is 2.32. The molecule has 6 nitrogen and oxygen atoms in total. The molecule has 0 bridgehead atoms. The van der Waals surface area contributed by atoms with Crippen molar-refractivity contribution < 1.29 is 9.26 Å². The number of hydrogen-bond donors (Lipinski definition) is 1. The van der Waals surface area contributed by atoms with Crippen LogP contribution >= 0.6 is 11.3 Å². The molecule has 0 saturated carbocycles. The van der Waals surface area contributed by atoms with Crippen LogP contribution in [0.5, 0.6) is 5.75 Å². The summed E-state index contributed by atoms with van der Waals surface area (Å²) in [7, 11) is 1.62. The maximum atomic E-state index is 5.75. The van der Waals surface area contributed by atoms with Crippen LogP contribution in [0.25, 0.3) is 22.2 Å². The molecule has 3 aromatic rings. The first kappa shape index (κ1) is 13.6. The fourth-order valence-corrected chi connectivity index (χ4v) is 2.81. The number of hydrogen-bond acceptors (Lipinski definition) is 7. The smallest absolute Gasteiger partial charge is 0.270 e. The summed E-state index contributed by atoms with van der Waals surface area (Å²) in [5.74, 6) is 1.70. The third-order valence-electron chi connectivity index (χ3n) is 3.00. The standard InChI is InChI=1S/C14H14N4O2S/c1-3-10-11(21-14(15)16-10)13-17-12(18-20-13)8-5-4-6-9(7-8)19-2/h4-7H,3H2,1-2H3,(H2,15,16). The van der Waals surface area contributed by atoms with E-state index in [4.69, 9.17) is 15.0 Å². The molecule has 2 N–H and O–H groups in total. The number of rotatable bonds is 4. The topological polar surface area (TPSA) is 87.1 Å². The molecule has 0 radical (unpaired) electrons. The second kappa shape index (κ2) is 5.53. The summed E-state index contributed by atoms with van der Waals surface area (Å²) >= 11 is 1.35. The third-order valence-corrected chi connectivity index (χ3v) is 3.91. The average Bonchev–Trinajstić information content (AvgIpc) is 3.13. The lowest BCUT2D eigenvalue weighted by molar-refractivity contribution is 0.414. The number of nitrogens with two attached hydrogens (primary N) is 1. The number of nitrogen functional groups attached to an aromatic ring is 1. The molecule has 2 aromatic heterocycles. The Kier molecular flexibility index (Phi) is 3.57. The van der Waals surface area contributed by atoms with Crippen LogP contribution in [0.1, 0.15) is 12.6 Å². The van der Waals surface area contributed by atoms with Gasteiger partial charge in [-0.1, -0.05) is 35.5 Å². The number of anilines is 1. The second-order valence-corrected chi connectivity index (χ2v) is 5.37. The molecule has 0 aliphatic carbocycles. The van der Waals surface area contributed by atoms with Gasteiger partial charge in [-0.2, -0.15) is 4.98 Å². The van der Waals surface area contributed by atoms with E-state index in [2.05, 4.69) is 15.1 Å². The maximum absolute atomic E-state index is 5.75. The van der Waals surface area contributed by atoms with E-state index in [9.17, 15) is 0 Å². The van der Waals surface area contributed by atoms with Gasteiger partial charge in [-0.25, -0.2) is 4.98 Å². The van der Waals surface area contributed by atoms with Gasteiger partial charge in [0.25, 0.3) is 5.89 Å². The molecule has 0 fully saturated rings. The highest BCUT2D eigenvalue weighted by molar-refractivity contribution is 7.18. The van der Waals surface area contributed by atoms with Crippen LogP contribution in [0.2, 0.25) is 0 Å². The molecule has 0 amide bonds. The van der Waals surface area contributed by atoms with Gasteiger partial charge in [-0.15, -0.1) is 0 Å². The minimum absolute atomic E-state index is 0.443. The lowest BCUT2D eigenvalue weighted by Crippen LogP contribution is -1.87. The van der Waals surface area contributed by atoms with Gasteiger partial charge in [0, 0.05) is 5.56 Å². The fourth-order valence-electron chi connectivity index (χ4n) is 1.97. The summed E-state index contributed by atoms with van der Waals surface area (Å²) in [5, 5.41) is 4.52. The summed E-state index contributed by atoms with van der Waals surface area (Å²) in [6.45, 7) is 2.01. The van der Waals surface area contributed by atoms with Crippen molar-refractivity contribution in [3.05, 3.63) is 30.0 Å². The molecule has 108 valence electrons. The Morgan fingerprint density at radius 3 is 2.95 bits per heavy atom. The van der Waals surface area contributed by atoms with Crippen LogP contribution in [-0.4, -0.2) is 22.2 Å². The zero-order chi connectivity index (χ0) is 14.8. The molecular formula is C14H14N4O2S. The van der Waals surface area contributed by atoms with Crippen LogP contribution < -0.4 is 10.5 Å². The molecule has 3 rings (SSSR count). The van der Waals surface area contributed by atoms with E-state index in [1.54, 1.807) is 7.11 Å². The maximum Gasteiger partial charge on any atom is 0.270 e. The Hall–Kier alpha value is -2.41. The number of nitrogens with zero attached hydrogens (tertiary/aromatic N) is 3. The molecule has 7 heteroatoms. The molecule has 21 heavy (non-hydrogen) atoms. The van der Waals surface area contributed by atoms with Crippen molar-refractivity contribution in [2.45, 2.75) is 13.3 Å². The Balaban J connectivity index is 1.99. The average molecular weight is 302 g/mol. The first-order valence-electron chi connectivity index (χ1n) is 6.45. The van der Waals surface area contributed by atoms with E-state index < -0.39 is 0 Å². The van der Waals surface area contributed by atoms with E-state index in [-0.39, 0.29) is 0 Å². The van der Waals surface area contributed by atoms with Gasteiger partial charge < -0.3 is 15.0 Å². The van der Waals surface area contributed by atoms with Gasteiger partial charge in [-0.3, -0.25) is 0 Å². The van der Waals surface area contributed by atoms with E-state index in [0.29, 0.717) is 16.8 Å². The van der Waals surface area contributed by atoms with E-state index in [1.807, 2.05) is 31.2 Å². The minimum Gasteiger partial charge on any atom is -0.497 e. The molecular weight excluding hydrogens is 288 g/mol. The van der Waals surface area contributed by atoms with E-state index in [1.165, 1.54) is 11.3 Å². The molecule has 0 aliphatic rings. The normalized spacial score (nSPS) is 10.8. The van der Waals surface area contributed by atoms with Crippen LogP contribution in [0.4, 0.5) is 5.13 Å². The summed E-state index contributed by atoms with van der Waals surface area (Å²) in [6, 6.07) is 7.51. The Labute approximate surface area is 125 Å². The van der Waals surface area contributed by atoms with Crippen LogP contribution in [-0.2, 0) is 6.42 Å². The quantitative estimate of drug-likeness (QED) is 0.797. The fraction of sp³-hybridized carbons (Fsp3) is 0.214. The van der Waals surface area contributed by atoms with Crippen LogP contribution in [0.15, 0.2) is 28.8 Å². The number of methoxy groups -OCH3 is 1. The molecule has 0 atom stereocenters. The number of benzene rings is 1. The van der Waals surface area contributed by atoms with E-state index >= 15 is 0 Å². The number of aromatic nitrogens is 3. The predicted octanol–water partition coefficient (Wildman–Crippen LogP) is 3.01.